The van der Waals surface area contributed by atoms with Gasteiger partial charge in [0, 0.05) is 12.6 Å². The van der Waals surface area contributed by atoms with Crippen molar-refractivity contribution >= 4 is 10.0 Å². The number of nitrogens with two attached hydrogens (primary N) is 1. The summed E-state index contributed by atoms with van der Waals surface area (Å²) in [5.41, 5.74) is 5.85. The van der Waals surface area contributed by atoms with Gasteiger partial charge >= 0.3 is 0 Å². The number of hydrogen-bond donors (Lipinski definition) is 1. The van der Waals surface area contributed by atoms with Gasteiger partial charge < -0.3 is 5.73 Å². The quantitative estimate of drug-likeness (QED) is 0.906. The fraction of sp³-hybridized carbons (Fsp3) is 0.600. The molecule has 2 atom stereocenters. The fourth-order valence-electron chi connectivity index (χ4n) is 3.15. The van der Waals surface area contributed by atoms with Crippen LogP contribution < -0.4 is 5.73 Å². The van der Waals surface area contributed by atoms with E-state index in [-0.39, 0.29) is 12.0 Å². The lowest BCUT2D eigenvalue weighted by Gasteiger charge is -2.38. The lowest BCUT2D eigenvalue weighted by Crippen LogP contribution is -2.47. The number of benzene rings is 1. The molecule has 1 aromatic carbocycles. The highest BCUT2D eigenvalue weighted by molar-refractivity contribution is 7.89. The van der Waals surface area contributed by atoms with Crippen molar-refractivity contribution in [1.29, 1.82) is 0 Å². The summed E-state index contributed by atoms with van der Waals surface area (Å²) in [6.07, 6.45) is 4.19. The first-order valence-electron chi connectivity index (χ1n) is 7.38. The normalized spacial score (nSPS) is 23.9. The Balaban J connectivity index is 2.31. The minimum atomic E-state index is -3.42. The molecule has 2 N–H and O–H groups in total. The standard InChI is InChI=1S/C15H24N2O2S/c1-2-17(15-11-7-6-8-13(15)12-16)20(18,19)14-9-4-3-5-10-14/h3-5,9-10,13,15H,2,6-8,11-12,16H2,1H3. The zero-order chi connectivity index (χ0) is 14.6. The van der Waals surface area contributed by atoms with E-state index in [1.165, 1.54) is 0 Å². The molecule has 0 amide bonds. The summed E-state index contributed by atoms with van der Waals surface area (Å²) in [4.78, 5) is 0.378. The van der Waals surface area contributed by atoms with E-state index in [1.807, 2.05) is 13.0 Å². The minimum absolute atomic E-state index is 0.0453. The van der Waals surface area contributed by atoms with Gasteiger partial charge in [-0.25, -0.2) is 8.42 Å². The third kappa shape index (κ3) is 3.05. The zero-order valence-corrected chi connectivity index (χ0v) is 12.8. The molecule has 0 aromatic heterocycles. The van der Waals surface area contributed by atoms with Gasteiger partial charge in [-0.2, -0.15) is 4.31 Å². The van der Waals surface area contributed by atoms with E-state index in [0.717, 1.165) is 25.7 Å². The topological polar surface area (TPSA) is 63.4 Å². The van der Waals surface area contributed by atoms with Crippen molar-refractivity contribution in [2.24, 2.45) is 11.7 Å². The molecule has 1 fully saturated rings. The number of sulfonamides is 1. The van der Waals surface area contributed by atoms with Gasteiger partial charge in [0.15, 0.2) is 0 Å². The molecule has 5 heteroatoms. The Hall–Kier alpha value is -0.910. The molecule has 2 rings (SSSR count). The summed E-state index contributed by atoms with van der Waals surface area (Å²) in [7, 11) is -3.42. The van der Waals surface area contributed by atoms with Crippen LogP contribution in [0.4, 0.5) is 0 Å². The number of rotatable bonds is 5. The van der Waals surface area contributed by atoms with Gasteiger partial charge in [0.1, 0.15) is 0 Å². The van der Waals surface area contributed by atoms with E-state index in [2.05, 4.69) is 0 Å². The predicted octanol–water partition coefficient (Wildman–Crippen LogP) is 2.21. The van der Waals surface area contributed by atoms with Crippen LogP contribution in [0.15, 0.2) is 35.2 Å². The van der Waals surface area contributed by atoms with E-state index in [0.29, 0.717) is 18.0 Å². The SMILES string of the molecule is CCN(C1CCCCC1CN)S(=O)(=O)c1ccccc1. The summed E-state index contributed by atoms with van der Waals surface area (Å²) in [5.74, 6) is 0.280. The molecule has 112 valence electrons. The van der Waals surface area contributed by atoms with E-state index in [9.17, 15) is 8.42 Å². The first-order chi connectivity index (χ1) is 9.61. The molecule has 0 aliphatic heterocycles. The van der Waals surface area contributed by atoms with Crippen LogP contribution in [0.1, 0.15) is 32.6 Å². The number of nitrogens with zero attached hydrogens (tertiary/aromatic N) is 1. The molecular weight excluding hydrogens is 272 g/mol. The molecule has 2 unspecified atom stereocenters. The van der Waals surface area contributed by atoms with Crippen LogP contribution >= 0.6 is 0 Å². The van der Waals surface area contributed by atoms with Crippen LogP contribution in [0.25, 0.3) is 0 Å². The lowest BCUT2D eigenvalue weighted by molar-refractivity contribution is 0.187. The highest BCUT2D eigenvalue weighted by Gasteiger charge is 2.35. The van der Waals surface area contributed by atoms with E-state index in [1.54, 1.807) is 28.6 Å². The first-order valence-corrected chi connectivity index (χ1v) is 8.82. The van der Waals surface area contributed by atoms with Crippen molar-refractivity contribution in [3.05, 3.63) is 30.3 Å². The van der Waals surface area contributed by atoms with Crippen molar-refractivity contribution in [2.45, 2.75) is 43.5 Å². The van der Waals surface area contributed by atoms with Gasteiger partial charge in [0.2, 0.25) is 10.0 Å². The Bertz CT molecular complexity index is 516. The molecule has 1 aliphatic carbocycles. The Labute approximate surface area is 122 Å². The van der Waals surface area contributed by atoms with E-state index in [4.69, 9.17) is 5.73 Å². The van der Waals surface area contributed by atoms with Crippen molar-refractivity contribution < 1.29 is 8.42 Å². The highest BCUT2D eigenvalue weighted by Crippen LogP contribution is 2.31. The maximum atomic E-state index is 12.8. The van der Waals surface area contributed by atoms with E-state index >= 15 is 0 Å². The second-order valence-electron chi connectivity index (χ2n) is 5.37. The molecule has 1 aromatic rings. The van der Waals surface area contributed by atoms with Gasteiger partial charge in [-0.1, -0.05) is 38.0 Å². The zero-order valence-electron chi connectivity index (χ0n) is 12.0. The van der Waals surface area contributed by atoms with Crippen LogP contribution in [-0.2, 0) is 10.0 Å². The summed E-state index contributed by atoms with van der Waals surface area (Å²) in [6.45, 7) is 2.96. The molecule has 0 spiro atoms. The Morgan fingerprint density at radius 3 is 2.45 bits per heavy atom. The number of hydrogen-bond acceptors (Lipinski definition) is 3. The first kappa shape index (κ1) is 15.5. The second kappa shape index (κ2) is 6.70. The monoisotopic (exact) mass is 296 g/mol. The Morgan fingerprint density at radius 1 is 1.20 bits per heavy atom. The van der Waals surface area contributed by atoms with Crippen molar-refractivity contribution in [2.75, 3.05) is 13.1 Å². The molecule has 0 radical (unpaired) electrons. The molecule has 20 heavy (non-hydrogen) atoms. The molecule has 0 bridgehead atoms. The largest absolute Gasteiger partial charge is 0.330 e. The Kier molecular flexibility index (Phi) is 5.18. The molecule has 1 saturated carbocycles. The average Bonchev–Trinajstić information content (AvgIpc) is 2.49. The maximum Gasteiger partial charge on any atom is 0.243 e. The minimum Gasteiger partial charge on any atom is -0.330 e. The smallest absolute Gasteiger partial charge is 0.243 e. The van der Waals surface area contributed by atoms with Crippen molar-refractivity contribution in [3.8, 4) is 0 Å². The molecule has 0 heterocycles. The Morgan fingerprint density at radius 2 is 1.85 bits per heavy atom. The van der Waals surface area contributed by atoms with Crippen LogP contribution in [0, 0.1) is 5.92 Å². The van der Waals surface area contributed by atoms with Crippen LogP contribution in [0.5, 0.6) is 0 Å². The lowest BCUT2D eigenvalue weighted by atomic mass is 9.84. The van der Waals surface area contributed by atoms with Gasteiger partial charge in [-0.05, 0) is 37.4 Å². The molecular formula is C15H24N2O2S. The maximum absolute atomic E-state index is 12.8. The van der Waals surface area contributed by atoms with Crippen LogP contribution in [0.2, 0.25) is 0 Å². The predicted molar refractivity (Wildman–Crippen MR) is 80.8 cm³/mol. The third-order valence-electron chi connectivity index (χ3n) is 4.20. The summed E-state index contributed by atoms with van der Waals surface area (Å²) in [5, 5.41) is 0. The third-order valence-corrected chi connectivity index (χ3v) is 6.22. The summed E-state index contributed by atoms with van der Waals surface area (Å²) < 4.78 is 27.3. The average molecular weight is 296 g/mol. The molecule has 0 saturated heterocycles. The van der Waals surface area contributed by atoms with Gasteiger partial charge in [0.05, 0.1) is 4.90 Å². The second-order valence-corrected chi connectivity index (χ2v) is 7.26. The highest BCUT2D eigenvalue weighted by atomic mass is 32.2. The fourth-order valence-corrected chi connectivity index (χ4v) is 4.90. The van der Waals surface area contributed by atoms with Gasteiger partial charge in [-0.15, -0.1) is 0 Å². The van der Waals surface area contributed by atoms with Gasteiger partial charge in [0.25, 0.3) is 0 Å². The van der Waals surface area contributed by atoms with Crippen LogP contribution in [0.3, 0.4) is 0 Å². The van der Waals surface area contributed by atoms with Crippen molar-refractivity contribution in [1.82, 2.24) is 4.31 Å². The van der Waals surface area contributed by atoms with Crippen LogP contribution in [-0.4, -0.2) is 31.9 Å². The van der Waals surface area contributed by atoms with E-state index < -0.39 is 10.0 Å². The summed E-state index contributed by atoms with van der Waals surface area (Å²) >= 11 is 0. The van der Waals surface area contributed by atoms with Crippen molar-refractivity contribution in [3.63, 3.8) is 0 Å². The molecule has 1 aliphatic rings. The van der Waals surface area contributed by atoms with Gasteiger partial charge in [-0.3, -0.25) is 0 Å². The summed E-state index contributed by atoms with van der Waals surface area (Å²) in [6, 6.07) is 8.74. The molecule has 4 nitrogen and oxygen atoms in total.